The lowest BCUT2D eigenvalue weighted by Crippen LogP contribution is -2.16. The van der Waals surface area contributed by atoms with Crippen LogP contribution in [-0.2, 0) is 16.9 Å². The van der Waals surface area contributed by atoms with Gasteiger partial charge in [0.15, 0.2) is 9.84 Å². The number of nitrogens with zero attached hydrogens (tertiary/aromatic N) is 4. The average molecular weight is 574 g/mol. The first-order valence-corrected chi connectivity index (χ1v) is 15.0. The molecule has 10 nitrogen and oxygen atoms in total. The zero-order chi connectivity index (χ0) is 28.2. The second-order valence-corrected chi connectivity index (χ2v) is 12.2. The lowest BCUT2D eigenvalue weighted by molar-refractivity contribution is 0.431. The number of para-hydroxylation sites is 1. The fraction of sp³-hybridized carbons (Fsp3) is 0.143. The molecule has 0 bridgehead atoms. The summed E-state index contributed by atoms with van der Waals surface area (Å²) >= 11 is 1.41. The first-order valence-electron chi connectivity index (χ1n) is 12.1. The number of ether oxygens (including phenoxy) is 1. The fourth-order valence-corrected chi connectivity index (χ4v) is 5.71. The Morgan fingerprint density at radius 2 is 1.85 bits per heavy atom. The van der Waals surface area contributed by atoms with Crippen molar-refractivity contribution in [2.75, 3.05) is 6.26 Å². The van der Waals surface area contributed by atoms with E-state index in [0.29, 0.717) is 50.7 Å². The first kappa shape index (κ1) is 25.7. The predicted octanol–water partition coefficient (Wildman–Crippen LogP) is 5.52. The minimum Gasteiger partial charge on any atom is -0.456 e. The molecule has 0 unspecified atom stereocenters. The van der Waals surface area contributed by atoms with Gasteiger partial charge in [-0.25, -0.2) is 13.4 Å². The highest BCUT2D eigenvalue weighted by Crippen LogP contribution is 2.40. The van der Waals surface area contributed by atoms with Gasteiger partial charge in [0.05, 0.1) is 10.4 Å². The van der Waals surface area contributed by atoms with Crippen LogP contribution in [0.15, 0.2) is 73.8 Å². The highest BCUT2D eigenvalue weighted by atomic mass is 32.2. The van der Waals surface area contributed by atoms with E-state index in [9.17, 15) is 13.2 Å². The molecule has 0 amide bonds. The summed E-state index contributed by atoms with van der Waals surface area (Å²) in [6, 6.07) is 12.3. The molecular formula is C28H23N5O5S2. The lowest BCUT2D eigenvalue weighted by atomic mass is 10.0. The summed E-state index contributed by atoms with van der Waals surface area (Å²) in [6.07, 6.45) is 2.81. The number of hydrogen-bond donors (Lipinski definition) is 1. The molecular weight excluding hydrogens is 550 g/mol. The van der Waals surface area contributed by atoms with Gasteiger partial charge in [-0.3, -0.25) is 4.79 Å². The van der Waals surface area contributed by atoms with Gasteiger partial charge in [-0.1, -0.05) is 23.4 Å². The van der Waals surface area contributed by atoms with Crippen LogP contribution < -0.4 is 10.3 Å². The quantitative estimate of drug-likeness (QED) is 0.275. The molecule has 0 aliphatic carbocycles. The van der Waals surface area contributed by atoms with Crippen molar-refractivity contribution in [1.82, 2.24) is 24.7 Å². The van der Waals surface area contributed by atoms with E-state index in [1.807, 2.05) is 32.0 Å². The van der Waals surface area contributed by atoms with E-state index < -0.39 is 9.84 Å². The smallest absolute Gasteiger partial charge is 0.274 e. The van der Waals surface area contributed by atoms with Gasteiger partial charge in [0.1, 0.15) is 28.4 Å². The van der Waals surface area contributed by atoms with E-state index in [1.165, 1.54) is 22.0 Å². The number of sulfone groups is 1. The van der Waals surface area contributed by atoms with Crippen LogP contribution >= 0.6 is 11.3 Å². The molecule has 0 radical (unpaired) electrons. The molecule has 0 atom stereocenters. The normalized spacial score (nSPS) is 11.8. The summed E-state index contributed by atoms with van der Waals surface area (Å²) in [5.41, 5.74) is 5.67. The van der Waals surface area contributed by atoms with Crippen LogP contribution in [0, 0.1) is 13.8 Å². The average Bonchev–Trinajstić information content (AvgIpc) is 3.68. The van der Waals surface area contributed by atoms with Crippen molar-refractivity contribution in [3.8, 4) is 45.7 Å². The zero-order valence-corrected chi connectivity index (χ0v) is 23.6. The third kappa shape index (κ3) is 4.50. The number of hydrogen-bond acceptors (Lipinski definition) is 9. The summed E-state index contributed by atoms with van der Waals surface area (Å²) in [5.74, 6) is 1.63. The Labute approximate surface area is 232 Å². The maximum absolute atomic E-state index is 13.2. The molecule has 6 aromatic rings. The topological polar surface area (TPSA) is 133 Å². The largest absolute Gasteiger partial charge is 0.456 e. The van der Waals surface area contributed by atoms with Crippen LogP contribution in [0.1, 0.15) is 11.1 Å². The lowest BCUT2D eigenvalue weighted by Gasteiger charge is -2.17. The van der Waals surface area contributed by atoms with Crippen LogP contribution in [0.5, 0.6) is 11.5 Å². The predicted molar refractivity (Wildman–Crippen MR) is 152 cm³/mol. The third-order valence-electron chi connectivity index (χ3n) is 6.57. The molecule has 0 aliphatic rings. The molecule has 6 rings (SSSR count). The standard InChI is InChI=1S/C28H23N5O5S2/c1-15-6-5-7-16(2)25(15)37-23-9-8-17(40(4,35)36)10-18(23)20-12-33(3)28(34)24-19(20)11-21(30-24)27-31-26(32-38-27)22-13-39-14-29-22/h5-14,30H,1-4H3. The van der Waals surface area contributed by atoms with Gasteiger partial charge < -0.3 is 18.8 Å². The van der Waals surface area contributed by atoms with Gasteiger partial charge in [0.25, 0.3) is 11.4 Å². The second-order valence-electron chi connectivity index (χ2n) is 9.48. The molecule has 12 heteroatoms. The van der Waals surface area contributed by atoms with Gasteiger partial charge in [-0.05, 0) is 49.2 Å². The van der Waals surface area contributed by atoms with Crippen molar-refractivity contribution in [2.24, 2.45) is 7.05 Å². The molecule has 0 fully saturated rings. The van der Waals surface area contributed by atoms with Crippen molar-refractivity contribution >= 4 is 32.1 Å². The van der Waals surface area contributed by atoms with Crippen molar-refractivity contribution < 1.29 is 17.7 Å². The molecule has 0 saturated carbocycles. The molecule has 0 aliphatic heterocycles. The number of benzene rings is 2. The molecule has 0 saturated heterocycles. The Hall–Kier alpha value is -4.55. The number of rotatable bonds is 6. The number of fused-ring (bicyclic) bond motifs is 1. The molecule has 40 heavy (non-hydrogen) atoms. The van der Waals surface area contributed by atoms with E-state index >= 15 is 0 Å². The number of H-pyrrole nitrogens is 1. The Kier molecular flexibility index (Phi) is 6.15. The van der Waals surface area contributed by atoms with Crippen LogP contribution in [0.2, 0.25) is 0 Å². The number of aromatic nitrogens is 5. The fourth-order valence-electron chi connectivity index (χ4n) is 4.53. The maximum Gasteiger partial charge on any atom is 0.274 e. The Bertz CT molecular complexity index is 2050. The molecule has 4 heterocycles. The minimum absolute atomic E-state index is 0.124. The Balaban J connectivity index is 1.57. The van der Waals surface area contributed by atoms with Crippen LogP contribution in [0.4, 0.5) is 0 Å². The molecule has 0 spiro atoms. The van der Waals surface area contributed by atoms with Gasteiger partial charge in [0, 0.05) is 41.4 Å². The highest BCUT2D eigenvalue weighted by Gasteiger charge is 2.22. The van der Waals surface area contributed by atoms with Gasteiger partial charge in [-0.2, -0.15) is 4.98 Å². The van der Waals surface area contributed by atoms with Gasteiger partial charge >= 0.3 is 0 Å². The zero-order valence-electron chi connectivity index (χ0n) is 21.9. The number of thiazole rings is 1. The summed E-state index contributed by atoms with van der Waals surface area (Å²) in [5, 5.41) is 6.36. The minimum atomic E-state index is -3.54. The van der Waals surface area contributed by atoms with Crippen molar-refractivity contribution in [3.63, 3.8) is 0 Å². The number of aryl methyl sites for hydroxylation is 3. The highest BCUT2D eigenvalue weighted by molar-refractivity contribution is 7.90. The van der Waals surface area contributed by atoms with E-state index in [4.69, 9.17) is 9.26 Å². The van der Waals surface area contributed by atoms with E-state index in [0.717, 1.165) is 17.4 Å². The van der Waals surface area contributed by atoms with E-state index in [-0.39, 0.29) is 16.3 Å². The molecule has 2 aromatic carbocycles. The van der Waals surface area contributed by atoms with Crippen molar-refractivity contribution in [1.29, 1.82) is 0 Å². The SMILES string of the molecule is Cc1cccc(C)c1Oc1ccc(S(C)(=O)=O)cc1-c1cn(C)c(=O)c2[nH]c(-c3nc(-c4cscn4)no3)cc12. The second kappa shape index (κ2) is 9.57. The van der Waals surface area contributed by atoms with Crippen LogP contribution in [-0.4, -0.2) is 39.3 Å². The Morgan fingerprint density at radius 1 is 1.07 bits per heavy atom. The summed E-state index contributed by atoms with van der Waals surface area (Å²) < 4.78 is 38.4. The molecule has 202 valence electrons. The van der Waals surface area contributed by atoms with Crippen molar-refractivity contribution in [3.05, 3.63) is 81.0 Å². The number of nitrogens with one attached hydrogen (secondary N) is 1. The van der Waals surface area contributed by atoms with Gasteiger partial charge in [-0.15, -0.1) is 11.3 Å². The van der Waals surface area contributed by atoms with Crippen molar-refractivity contribution in [2.45, 2.75) is 18.7 Å². The Morgan fingerprint density at radius 3 is 2.55 bits per heavy atom. The monoisotopic (exact) mass is 573 g/mol. The van der Waals surface area contributed by atoms with Crippen LogP contribution in [0.3, 0.4) is 0 Å². The van der Waals surface area contributed by atoms with E-state index in [1.54, 1.807) is 42.3 Å². The summed E-state index contributed by atoms with van der Waals surface area (Å²) in [6.45, 7) is 3.89. The van der Waals surface area contributed by atoms with Gasteiger partial charge in [0.2, 0.25) is 5.82 Å². The molecule has 4 aromatic heterocycles. The molecule has 1 N–H and O–H groups in total. The summed E-state index contributed by atoms with van der Waals surface area (Å²) in [4.78, 5) is 25.1. The number of pyridine rings is 1. The van der Waals surface area contributed by atoms with Crippen LogP contribution in [0.25, 0.3) is 45.1 Å². The maximum atomic E-state index is 13.2. The number of aromatic amines is 1. The third-order valence-corrected chi connectivity index (χ3v) is 8.27. The van der Waals surface area contributed by atoms with E-state index in [2.05, 4.69) is 20.1 Å². The summed E-state index contributed by atoms with van der Waals surface area (Å²) in [7, 11) is -1.91. The first-order chi connectivity index (χ1) is 19.1.